The average Bonchev–Trinajstić information content (AvgIpc) is 2.44. The standard InChI is InChI=1S/C14H10ClF3N2O/c1-20(7-8-2-3-11(17)12(18)4-8)14(21)10-5-9(16)6-19-13(10)15/h2-6H,7H2,1H3. The zero-order valence-electron chi connectivity index (χ0n) is 10.9. The van der Waals surface area contributed by atoms with Crippen LogP contribution in [0.1, 0.15) is 15.9 Å². The Balaban J connectivity index is 2.19. The maximum atomic E-state index is 13.1. The SMILES string of the molecule is CN(Cc1ccc(F)c(F)c1)C(=O)c1cc(F)cnc1Cl. The lowest BCUT2D eigenvalue weighted by molar-refractivity contribution is 0.0784. The summed E-state index contributed by atoms with van der Waals surface area (Å²) < 4.78 is 39.1. The van der Waals surface area contributed by atoms with Gasteiger partial charge in [-0.1, -0.05) is 17.7 Å². The van der Waals surface area contributed by atoms with Gasteiger partial charge in [-0.15, -0.1) is 0 Å². The molecule has 1 aromatic carbocycles. The molecule has 110 valence electrons. The fraction of sp³-hybridized carbons (Fsp3) is 0.143. The van der Waals surface area contributed by atoms with E-state index in [0.29, 0.717) is 5.56 Å². The molecule has 21 heavy (non-hydrogen) atoms. The van der Waals surface area contributed by atoms with Crippen LogP contribution in [0.25, 0.3) is 0 Å². The molecule has 0 bridgehead atoms. The lowest BCUT2D eigenvalue weighted by Crippen LogP contribution is -2.26. The molecule has 0 spiro atoms. The van der Waals surface area contributed by atoms with Crippen molar-refractivity contribution in [2.45, 2.75) is 6.54 Å². The Morgan fingerprint density at radius 2 is 1.95 bits per heavy atom. The second-order valence-electron chi connectivity index (χ2n) is 4.40. The number of halogens is 4. The van der Waals surface area contributed by atoms with Gasteiger partial charge in [0.2, 0.25) is 0 Å². The smallest absolute Gasteiger partial charge is 0.257 e. The summed E-state index contributed by atoms with van der Waals surface area (Å²) in [6, 6.07) is 4.29. The number of carbonyl (C=O) groups is 1. The van der Waals surface area contributed by atoms with E-state index in [9.17, 15) is 18.0 Å². The molecule has 0 N–H and O–H groups in total. The van der Waals surface area contributed by atoms with Crippen LogP contribution in [-0.4, -0.2) is 22.8 Å². The lowest BCUT2D eigenvalue weighted by atomic mass is 10.2. The van der Waals surface area contributed by atoms with E-state index >= 15 is 0 Å². The molecule has 3 nitrogen and oxygen atoms in total. The van der Waals surface area contributed by atoms with Crippen LogP contribution in [0.2, 0.25) is 5.15 Å². The maximum absolute atomic E-state index is 13.1. The van der Waals surface area contributed by atoms with E-state index in [4.69, 9.17) is 11.6 Å². The van der Waals surface area contributed by atoms with Gasteiger partial charge in [0.05, 0.1) is 11.8 Å². The Bertz CT molecular complexity index is 694. The number of hydrogen-bond acceptors (Lipinski definition) is 2. The van der Waals surface area contributed by atoms with E-state index < -0.39 is 23.4 Å². The van der Waals surface area contributed by atoms with Gasteiger partial charge >= 0.3 is 0 Å². The minimum absolute atomic E-state index is 0.0167. The Hall–Kier alpha value is -2.08. The Kier molecular flexibility index (Phi) is 4.47. The topological polar surface area (TPSA) is 33.2 Å². The first-order chi connectivity index (χ1) is 9.88. The Morgan fingerprint density at radius 3 is 2.62 bits per heavy atom. The summed E-state index contributed by atoms with van der Waals surface area (Å²) in [6.07, 6.45) is 0.897. The highest BCUT2D eigenvalue weighted by Crippen LogP contribution is 2.17. The number of hydrogen-bond donors (Lipinski definition) is 0. The number of amides is 1. The molecule has 0 aliphatic rings. The van der Waals surface area contributed by atoms with Crippen molar-refractivity contribution in [2.75, 3.05) is 7.05 Å². The molecule has 0 unspecified atom stereocenters. The quantitative estimate of drug-likeness (QED) is 0.813. The predicted octanol–water partition coefficient (Wildman–Crippen LogP) is 3.42. The van der Waals surface area contributed by atoms with Crippen molar-refractivity contribution in [3.63, 3.8) is 0 Å². The average molecular weight is 315 g/mol. The van der Waals surface area contributed by atoms with Crippen LogP contribution in [0.4, 0.5) is 13.2 Å². The highest BCUT2D eigenvalue weighted by atomic mass is 35.5. The molecule has 1 aromatic heterocycles. The summed E-state index contributed by atoms with van der Waals surface area (Å²) in [5.41, 5.74) is 0.298. The second-order valence-corrected chi connectivity index (χ2v) is 4.76. The number of rotatable bonds is 3. The third kappa shape index (κ3) is 3.52. The molecule has 2 aromatic rings. The minimum atomic E-state index is -1.00. The molecular formula is C14H10ClF3N2O. The molecule has 0 atom stereocenters. The highest BCUT2D eigenvalue weighted by molar-refractivity contribution is 6.32. The van der Waals surface area contributed by atoms with Crippen molar-refractivity contribution in [3.05, 3.63) is 64.2 Å². The summed E-state index contributed by atoms with van der Waals surface area (Å²) in [4.78, 5) is 16.9. The summed E-state index contributed by atoms with van der Waals surface area (Å²) in [7, 11) is 1.44. The number of pyridine rings is 1. The van der Waals surface area contributed by atoms with Crippen LogP contribution in [0.5, 0.6) is 0 Å². The molecule has 1 heterocycles. The third-order valence-corrected chi connectivity index (χ3v) is 3.09. The molecule has 0 radical (unpaired) electrons. The largest absolute Gasteiger partial charge is 0.337 e. The van der Waals surface area contributed by atoms with Crippen LogP contribution in [0.3, 0.4) is 0 Å². The summed E-state index contributed by atoms with van der Waals surface area (Å²) in [5, 5.41) is -0.126. The lowest BCUT2D eigenvalue weighted by Gasteiger charge is -2.18. The first-order valence-electron chi connectivity index (χ1n) is 5.89. The van der Waals surface area contributed by atoms with Crippen LogP contribution in [-0.2, 0) is 6.54 Å². The van der Waals surface area contributed by atoms with Crippen LogP contribution >= 0.6 is 11.6 Å². The third-order valence-electron chi connectivity index (χ3n) is 2.79. The maximum Gasteiger partial charge on any atom is 0.257 e. The van der Waals surface area contributed by atoms with Crippen molar-refractivity contribution in [1.82, 2.24) is 9.88 Å². The number of carbonyl (C=O) groups excluding carboxylic acids is 1. The molecular weight excluding hydrogens is 305 g/mol. The first-order valence-corrected chi connectivity index (χ1v) is 6.26. The Labute approximate surface area is 124 Å². The predicted molar refractivity (Wildman–Crippen MR) is 71.4 cm³/mol. The van der Waals surface area contributed by atoms with Crippen molar-refractivity contribution < 1.29 is 18.0 Å². The first kappa shape index (κ1) is 15.3. The van der Waals surface area contributed by atoms with Crippen molar-refractivity contribution in [2.24, 2.45) is 0 Å². The minimum Gasteiger partial charge on any atom is -0.337 e. The van der Waals surface area contributed by atoms with Gasteiger partial charge in [0.1, 0.15) is 11.0 Å². The van der Waals surface area contributed by atoms with Gasteiger partial charge in [0, 0.05) is 13.6 Å². The van der Waals surface area contributed by atoms with E-state index in [2.05, 4.69) is 4.98 Å². The monoisotopic (exact) mass is 314 g/mol. The van der Waals surface area contributed by atoms with E-state index in [1.807, 2.05) is 0 Å². The molecule has 1 amide bonds. The van der Waals surface area contributed by atoms with E-state index in [1.165, 1.54) is 18.0 Å². The van der Waals surface area contributed by atoms with Crippen LogP contribution < -0.4 is 0 Å². The van der Waals surface area contributed by atoms with Gasteiger partial charge < -0.3 is 4.90 Å². The van der Waals surface area contributed by atoms with Crippen molar-refractivity contribution in [3.8, 4) is 0 Å². The fourth-order valence-electron chi connectivity index (χ4n) is 1.76. The normalized spacial score (nSPS) is 10.5. The zero-order chi connectivity index (χ0) is 15.6. The van der Waals surface area contributed by atoms with E-state index in [0.717, 1.165) is 24.4 Å². The summed E-state index contributed by atoms with van der Waals surface area (Å²) >= 11 is 5.75. The zero-order valence-corrected chi connectivity index (χ0v) is 11.7. The number of nitrogens with zero attached hydrogens (tertiary/aromatic N) is 2. The Morgan fingerprint density at radius 1 is 1.24 bits per heavy atom. The molecule has 2 rings (SSSR count). The summed E-state index contributed by atoms with van der Waals surface area (Å²) in [5.74, 6) is -3.23. The van der Waals surface area contributed by atoms with Crippen LogP contribution in [0, 0.1) is 17.5 Å². The molecule has 0 aliphatic heterocycles. The van der Waals surface area contributed by atoms with Gasteiger partial charge in [-0.2, -0.15) is 0 Å². The fourth-order valence-corrected chi connectivity index (χ4v) is 1.95. The molecule has 0 aliphatic carbocycles. The molecule has 7 heteroatoms. The van der Waals surface area contributed by atoms with Gasteiger partial charge in [0.25, 0.3) is 5.91 Å². The van der Waals surface area contributed by atoms with Gasteiger partial charge in [0.15, 0.2) is 11.6 Å². The number of benzene rings is 1. The molecule has 0 saturated heterocycles. The second kappa shape index (κ2) is 6.13. The molecule has 0 fully saturated rings. The number of aromatic nitrogens is 1. The summed E-state index contributed by atoms with van der Waals surface area (Å²) in [6.45, 7) is 0.0167. The van der Waals surface area contributed by atoms with Gasteiger partial charge in [-0.3, -0.25) is 4.79 Å². The van der Waals surface area contributed by atoms with Crippen molar-refractivity contribution in [1.29, 1.82) is 0 Å². The van der Waals surface area contributed by atoms with Crippen LogP contribution in [0.15, 0.2) is 30.5 Å². The van der Waals surface area contributed by atoms with Gasteiger partial charge in [-0.05, 0) is 23.8 Å². The van der Waals surface area contributed by atoms with Crippen molar-refractivity contribution >= 4 is 17.5 Å². The molecule has 0 saturated carbocycles. The van der Waals surface area contributed by atoms with E-state index in [-0.39, 0.29) is 17.3 Å². The highest BCUT2D eigenvalue weighted by Gasteiger charge is 2.17. The van der Waals surface area contributed by atoms with Gasteiger partial charge in [-0.25, -0.2) is 18.2 Å². The van der Waals surface area contributed by atoms with E-state index in [1.54, 1.807) is 0 Å².